The minimum Gasteiger partial charge on any atom is -0.271 e. The van der Waals surface area contributed by atoms with Gasteiger partial charge in [-0.2, -0.15) is 0 Å². The molecule has 1 rings (SSSR count). The predicted octanol–water partition coefficient (Wildman–Crippen LogP) is 4.87. The predicted molar refractivity (Wildman–Crippen MR) is 91.2 cm³/mol. The van der Waals surface area contributed by atoms with Crippen LogP contribution in [0.1, 0.15) is 46.0 Å². The lowest BCUT2D eigenvalue weighted by Crippen LogP contribution is -2.38. The van der Waals surface area contributed by atoms with E-state index in [1.165, 1.54) is 30.6 Å². The summed E-state index contributed by atoms with van der Waals surface area (Å²) in [6.45, 7) is 4.53. The molecule has 2 nitrogen and oxygen atoms in total. The van der Waals surface area contributed by atoms with Gasteiger partial charge >= 0.3 is 0 Å². The molecule has 4 heteroatoms. The van der Waals surface area contributed by atoms with Crippen molar-refractivity contribution in [2.45, 2.75) is 56.9 Å². The molecule has 0 heterocycles. The van der Waals surface area contributed by atoms with Crippen molar-refractivity contribution >= 4 is 23.4 Å². The Bertz CT molecular complexity index is 373. The fourth-order valence-corrected chi connectivity index (χ4v) is 3.59. The number of benzene rings is 1. The summed E-state index contributed by atoms with van der Waals surface area (Å²) in [6, 6.07) is 8.36. The number of thioether (sulfide) groups is 1. The Kier molecular flexibility index (Phi) is 9.36. The van der Waals surface area contributed by atoms with Gasteiger partial charge in [-0.25, -0.2) is 0 Å². The Hall–Kier alpha value is -0.220. The van der Waals surface area contributed by atoms with E-state index in [4.69, 9.17) is 17.4 Å². The number of nitrogens with two attached hydrogens (primary N) is 1. The Labute approximate surface area is 132 Å². The van der Waals surface area contributed by atoms with E-state index in [9.17, 15) is 0 Å². The Morgan fingerprint density at radius 2 is 2.15 bits per heavy atom. The zero-order valence-electron chi connectivity index (χ0n) is 12.6. The summed E-state index contributed by atoms with van der Waals surface area (Å²) >= 11 is 7.82. The maximum absolute atomic E-state index is 6.00. The molecule has 0 bridgehead atoms. The molecule has 0 saturated carbocycles. The largest absolute Gasteiger partial charge is 0.271 e. The van der Waals surface area contributed by atoms with E-state index in [0.717, 1.165) is 23.1 Å². The maximum Gasteiger partial charge on any atom is 0.0417 e. The Balaban J connectivity index is 2.41. The highest BCUT2D eigenvalue weighted by Crippen LogP contribution is 2.25. The van der Waals surface area contributed by atoms with Crippen LogP contribution >= 0.6 is 23.4 Å². The third-order valence-corrected chi connectivity index (χ3v) is 5.04. The summed E-state index contributed by atoms with van der Waals surface area (Å²) in [5.41, 5.74) is 2.97. The fourth-order valence-electron chi connectivity index (χ4n) is 2.32. The monoisotopic (exact) mass is 314 g/mol. The average Bonchev–Trinajstić information content (AvgIpc) is 2.47. The van der Waals surface area contributed by atoms with Gasteiger partial charge in [0.15, 0.2) is 0 Å². The van der Waals surface area contributed by atoms with Crippen LogP contribution in [-0.2, 0) is 0 Å². The minimum atomic E-state index is 0.362. The highest BCUT2D eigenvalue weighted by molar-refractivity contribution is 7.99. The summed E-state index contributed by atoms with van der Waals surface area (Å²) in [7, 11) is 0. The van der Waals surface area contributed by atoms with Crippen LogP contribution in [0.2, 0.25) is 5.02 Å². The van der Waals surface area contributed by atoms with Gasteiger partial charge in [0.05, 0.1) is 0 Å². The number of hydrogen-bond acceptors (Lipinski definition) is 3. The Morgan fingerprint density at radius 3 is 2.75 bits per heavy atom. The first-order chi connectivity index (χ1) is 9.69. The summed E-state index contributed by atoms with van der Waals surface area (Å²) in [6.07, 6.45) is 6.29. The van der Waals surface area contributed by atoms with Gasteiger partial charge in [0, 0.05) is 21.7 Å². The molecular weight excluding hydrogens is 288 g/mol. The molecule has 0 spiro atoms. The van der Waals surface area contributed by atoms with E-state index in [0.29, 0.717) is 6.04 Å². The third-order valence-electron chi connectivity index (χ3n) is 3.64. The van der Waals surface area contributed by atoms with Crippen LogP contribution in [0.15, 0.2) is 29.2 Å². The van der Waals surface area contributed by atoms with Gasteiger partial charge in [0.25, 0.3) is 0 Å². The zero-order chi connectivity index (χ0) is 14.8. The molecule has 1 aromatic rings. The van der Waals surface area contributed by atoms with Gasteiger partial charge in [-0.3, -0.25) is 11.3 Å². The normalized spacial score (nSPS) is 14.2. The molecule has 2 unspecified atom stereocenters. The van der Waals surface area contributed by atoms with E-state index in [1.54, 1.807) is 0 Å². The minimum absolute atomic E-state index is 0.362. The first-order valence-corrected chi connectivity index (χ1v) is 8.90. The first kappa shape index (κ1) is 17.8. The Morgan fingerprint density at radius 1 is 1.35 bits per heavy atom. The summed E-state index contributed by atoms with van der Waals surface area (Å²) in [5.74, 6) is 7.47. The zero-order valence-corrected chi connectivity index (χ0v) is 14.1. The summed E-state index contributed by atoms with van der Waals surface area (Å²) in [4.78, 5) is 1.21. The molecule has 0 radical (unpaired) electrons. The quantitative estimate of drug-likeness (QED) is 0.367. The van der Waals surface area contributed by atoms with Crippen molar-refractivity contribution in [3.8, 4) is 0 Å². The summed E-state index contributed by atoms with van der Waals surface area (Å²) < 4.78 is 0. The lowest BCUT2D eigenvalue weighted by Gasteiger charge is -2.22. The smallest absolute Gasteiger partial charge is 0.0417 e. The van der Waals surface area contributed by atoms with Crippen LogP contribution in [0, 0.1) is 5.92 Å². The van der Waals surface area contributed by atoms with Crippen LogP contribution in [-0.4, -0.2) is 11.8 Å². The van der Waals surface area contributed by atoms with Crippen LogP contribution in [0.25, 0.3) is 0 Å². The standard InChI is InChI=1S/C16H27ClN2S/c1-3-5-7-13(4-2)10-15(19-18)12-20-16-9-6-8-14(17)11-16/h6,8-9,11,13,15,19H,3-5,7,10,12,18H2,1-2H3. The number of nitrogens with one attached hydrogen (secondary N) is 1. The number of rotatable bonds is 10. The van der Waals surface area contributed by atoms with Crippen molar-refractivity contribution in [2.24, 2.45) is 11.8 Å². The molecule has 0 aliphatic heterocycles. The van der Waals surface area contributed by atoms with Crippen molar-refractivity contribution in [3.63, 3.8) is 0 Å². The van der Waals surface area contributed by atoms with Gasteiger partial charge in [-0.05, 0) is 30.5 Å². The van der Waals surface area contributed by atoms with E-state index >= 15 is 0 Å². The maximum atomic E-state index is 6.00. The van der Waals surface area contributed by atoms with Gasteiger partial charge in [0.2, 0.25) is 0 Å². The SMILES string of the molecule is CCCCC(CC)CC(CSc1cccc(Cl)c1)NN. The van der Waals surface area contributed by atoms with Crippen molar-refractivity contribution in [1.29, 1.82) is 0 Å². The highest BCUT2D eigenvalue weighted by atomic mass is 35.5. The molecule has 0 saturated heterocycles. The van der Waals surface area contributed by atoms with Crippen molar-refractivity contribution < 1.29 is 0 Å². The molecular formula is C16H27ClN2S. The van der Waals surface area contributed by atoms with Gasteiger partial charge in [0.1, 0.15) is 0 Å². The van der Waals surface area contributed by atoms with E-state index in [-0.39, 0.29) is 0 Å². The lowest BCUT2D eigenvalue weighted by atomic mass is 9.93. The molecule has 0 aliphatic carbocycles. The molecule has 1 aromatic carbocycles. The number of hydrazine groups is 1. The fraction of sp³-hybridized carbons (Fsp3) is 0.625. The van der Waals surface area contributed by atoms with Crippen LogP contribution in [0.5, 0.6) is 0 Å². The van der Waals surface area contributed by atoms with Gasteiger partial charge in [-0.15, -0.1) is 11.8 Å². The molecule has 0 fully saturated rings. The average molecular weight is 315 g/mol. The van der Waals surface area contributed by atoms with Gasteiger partial charge < -0.3 is 0 Å². The second-order valence-electron chi connectivity index (χ2n) is 5.28. The van der Waals surface area contributed by atoms with E-state index in [2.05, 4.69) is 25.3 Å². The van der Waals surface area contributed by atoms with E-state index in [1.807, 2.05) is 30.0 Å². The molecule has 20 heavy (non-hydrogen) atoms. The topological polar surface area (TPSA) is 38.0 Å². The number of unbranched alkanes of at least 4 members (excludes halogenated alkanes) is 1. The van der Waals surface area contributed by atoms with Crippen molar-refractivity contribution in [1.82, 2.24) is 5.43 Å². The molecule has 0 aromatic heterocycles. The highest BCUT2D eigenvalue weighted by Gasteiger charge is 2.14. The molecule has 3 N–H and O–H groups in total. The second-order valence-corrected chi connectivity index (χ2v) is 6.81. The van der Waals surface area contributed by atoms with Crippen LogP contribution in [0.3, 0.4) is 0 Å². The number of halogens is 1. The summed E-state index contributed by atoms with van der Waals surface area (Å²) in [5, 5.41) is 0.793. The van der Waals surface area contributed by atoms with Crippen LogP contribution < -0.4 is 11.3 Å². The molecule has 2 atom stereocenters. The van der Waals surface area contributed by atoms with Gasteiger partial charge in [-0.1, -0.05) is 57.2 Å². The third kappa shape index (κ3) is 6.98. The van der Waals surface area contributed by atoms with Crippen molar-refractivity contribution in [2.75, 3.05) is 5.75 Å². The van der Waals surface area contributed by atoms with Crippen molar-refractivity contribution in [3.05, 3.63) is 29.3 Å². The lowest BCUT2D eigenvalue weighted by molar-refractivity contribution is 0.367. The first-order valence-electron chi connectivity index (χ1n) is 7.54. The number of hydrogen-bond donors (Lipinski definition) is 2. The molecule has 0 aliphatic rings. The molecule has 114 valence electrons. The second kappa shape index (κ2) is 10.5. The van der Waals surface area contributed by atoms with E-state index < -0.39 is 0 Å². The van der Waals surface area contributed by atoms with Crippen LogP contribution in [0.4, 0.5) is 0 Å². The molecule has 0 amide bonds.